The van der Waals surface area contributed by atoms with Gasteiger partial charge in [0.05, 0.1) is 14.2 Å². The second-order valence-electron chi connectivity index (χ2n) is 8.42. The molecule has 2 N–H and O–H groups in total. The highest BCUT2D eigenvalue weighted by Gasteiger charge is 2.17. The molecule has 0 aliphatic carbocycles. The Morgan fingerprint density at radius 1 is 0.818 bits per heavy atom. The zero-order chi connectivity index (χ0) is 24.1. The normalized spacial score (nSPS) is 10.7. The minimum absolute atomic E-state index is 0.0195. The van der Waals surface area contributed by atoms with E-state index < -0.39 is 0 Å². The molecular weight excluding hydrogens is 416 g/mol. The number of unbranched alkanes of at least 4 members (excludes halogenated alkanes) is 1. The van der Waals surface area contributed by atoms with Gasteiger partial charge in [0.15, 0.2) is 11.5 Å². The molecule has 0 spiro atoms. The lowest BCUT2D eigenvalue weighted by Crippen LogP contribution is -2.26. The first-order valence-electron chi connectivity index (χ1n) is 11.8. The minimum atomic E-state index is 0.0195. The smallest absolute Gasteiger partial charge is 0.220 e. The summed E-state index contributed by atoms with van der Waals surface area (Å²) in [5.74, 6) is 1.82. The van der Waals surface area contributed by atoms with Crippen LogP contribution in [0.5, 0.6) is 11.5 Å². The molecule has 180 valence electrons. The van der Waals surface area contributed by atoms with Crippen LogP contribution in [0.3, 0.4) is 0 Å². The Kier molecular flexibility index (Phi) is 11.3. The van der Waals surface area contributed by atoms with E-state index in [2.05, 4.69) is 36.6 Å². The van der Waals surface area contributed by atoms with Gasteiger partial charge in [0.1, 0.15) is 0 Å². The molecule has 0 aliphatic rings. The van der Waals surface area contributed by atoms with Gasteiger partial charge < -0.3 is 20.1 Å². The minimum Gasteiger partial charge on any atom is -0.493 e. The molecule has 0 fully saturated rings. The highest BCUT2D eigenvalue weighted by atomic mass is 16.5. The van der Waals surface area contributed by atoms with Crippen LogP contribution in [0.1, 0.15) is 62.1 Å². The second-order valence-corrected chi connectivity index (χ2v) is 8.42. The second kappa shape index (κ2) is 14.2. The van der Waals surface area contributed by atoms with Crippen LogP contribution < -0.4 is 20.1 Å². The van der Waals surface area contributed by atoms with E-state index in [1.807, 2.05) is 30.3 Å². The van der Waals surface area contributed by atoms with Crippen LogP contribution in [-0.2, 0) is 22.4 Å². The van der Waals surface area contributed by atoms with E-state index in [9.17, 15) is 9.59 Å². The molecule has 0 saturated carbocycles. The summed E-state index contributed by atoms with van der Waals surface area (Å²) in [6.07, 6.45) is 3.84. The number of hydrogen-bond acceptors (Lipinski definition) is 4. The lowest BCUT2D eigenvalue weighted by molar-refractivity contribution is -0.123. The summed E-state index contributed by atoms with van der Waals surface area (Å²) in [7, 11) is 3.29. The van der Waals surface area contributed by atoms with Crippen molar-refractivity contribution in [1.29, 1.82) is 0 Å². The number of amides is 2. The molecule has 6 nitrogen and oxygen atoms in total. The largest absolute Gasteiger partial charge is 0.493 e. The van der Waals surface area contributed by atoms with Crippen molar-refractivity contribution in [2.75, 3.05) is 27.3 Å². The summed E-state index contributed by atoms with van der Waals surface area (Å²) in [4.78, 5) is 24.2. The molecule has 2 aromatic carbocycles. The van der Waals surface area contributed by atoms with Gasteiger partial charge in [0.25, 0.3) is 0 Å². The molecule has 2 aromatic rings. The van der Waals surface area contributed by atoms with Crippen molar-refractivity contribution in [3.63, 3.8) is 0 Å². The van der Waals surface area contributed by atoms with Crippen LogP contribution in [0.15, 0.2) is 42.5 Å². The first-order valence-corrected chi connectivity index (χ1v) is 11.8. The highest BCUT2D eigenvalue weighted by Crippen LogP contribution is 2.38. The van der Waals surface area contributed by atoms with Crippen LogP contribution in [0.4, 0.5) is 0 Å². The number of carbonyl (C=O) groups excluding carboxylic acids is 2. The molecular formula is C27H38N2O4. The van der Waals surface area contributed by atoms with E-state index in [-0.39, 0.29) is 17.7 Å². The third kappa shape index (κ3) is 8.79. The molecule has 0 atom stereocenters. The number of ether oxygens (including phenoxy) is 2. The molecule has 33 heavy (non-hydrogen) atoms. The maximum Gasteiger partial charge on any atom is 0.220 e. The number of carbonyl (C=O) groups is 2. The van der Waals surface area contributed by atoms with E-state index in [1.165, 1.54) is 5.56 Å². The Labute approximate surface area is 198 Å². The van der Waals surface area contributed by atoms with E-state index >= 15 is 0 Å². The Hall–Kier alpha value is -3.02. The molecule has 0 unspecified atom stereocenters. The van der Waals surface area contributed by atoms with E-state index in [1.54, 1.807) is 14.2 Å². The summed E-state index contributed by atoms with van der Waals surface area (Å²) in [5, 5.41) is 5.94. The van der Waals surface area contributed by atoms with Crippen molar-refractivity contribution in [3.05, 3.63) is 59.2 Å². The highest BCUT2D eigenvalue weighted by molar-refractivity contribution is 5.77. The summed E-state index contributed by atoms with van der Waals surface area (Å²) >= 11 is 0. The van der Waals surface area contributed by atoms with Gasteiger partial charge in [-0.3, -0.25) is 9.59 Å². The van der Waals surface area contributed by atoms with Crippen molar-refractivity contribution in [1.82, 2.24) is 10.6 Å². The fourth-order valence-electron chi connectivity index (χ4n) is 3.92. The van der Waals surface area contributed by atoms with Gasteiger partial charge >= 0.3 is 0 Å². The van der Waals surface area contributed by atoms with Gasteiger partial charge in [0, 0.05) is 31.5 Å². The molecule has 2 amide bonds. The first kappa shape index (κ1) is 26.2. The Morgan fingerprint density at radius 3 is 1.97 bits per heavy atom. The zero-order valence-corrected chi connectivity index (χ0v) is 20.4. The van der Waals surface area contributed by atoms with Crippen molar-refractivity contribution in [2.24, 2.45) is 0 Å². The average Bonchev–Trinajstić information content (AvgIpc) is 2.81. The quantitative estimate of drug-likeness (QED) is 0.415. The summed E-state index contributed by atoms with van der Waals surface area (Å²) in [6, 6.07) is 14.0. The maximum atomic E-state index is 12.2. The number of benzene rings is 2. The van der Waals surface area contributed by atoms with Crippen LogP contribution in [0.2, 0.25) is 0 Å². The lowest BCUT2D eigenvalue weighted by atomic mass is 9.93. The van der Waals surface area contributed by atoms with Crippen LogP contribution in [-0.4, -0.2) is 39.1 Å². The molecule has 0 radical (unpaired) electrons. The van der Waals surface area contributed by atoms with Crippen molar-refractivity contribution in [3.8, 4) is 11.5 Å². The van der Waals surface area contributed by atoms with Crippen molar-refractivity contribution >= 4 is 11.8 Å². The number of methoxy groups -OCH3 is 2. The van der Waals surface area contributed by atoms with Gasteiger partial charge in [-0.2, -0.15) is 0 Å². The Balaban J connectivity index is 1.65. The molecule has 6 heteroatoms. The molecule has 0 aliphatic heterocycles. The predicted molar refractivity (Wildman–Crippen MR) is 132 cm³/mol. The van der Waals surface area contributed by atoms with Gasteiger partial charge in [-0.25, -0.2) is 0 Å². The number of rotatable bonds is 14. The Bertz CT molecular complexity index is 881. The fraction of sp³-hybridized carbons (Fsp3) is 0.481. The first-order chi connectivity index (χ1) is 16.0. The topological polar surface area (TPSA) is 76.7 Å². The van der Waals surface area contributed by atoms with Gasteiger partial charge in [-0.15, -0.1) is 0 Å². The van der Waals surface area contributed by atoms with Crippen LogP contribution >= 0.6 is 0 Å². The monoisotopic (exact) mass is 454 g/mol. The maximum absolute atomic E-state index is 12.2. The summed E-state index contributed by atoms with van der Waals surface area (Å²) < 4.78 is 11.0. The zero-order valence-electron chi connectivity index (χ0n) is 20.4. The third-order valence-electron chi connectivity index (χ3n) is 5.60. The summed E-state index contributed by atoms with van der Waals surface area (Å²) in [5.41, 5.74) is 3.47. The molecule has 0 bridgehead atoms. The lowest BCUT2D eigenvalue weighted by Gasteiger charge is -2.19. The SMILES string of the molecule is COc1ccc(CCNC(=O)CCCCC(=O)NCCc2ccccc2)c(C(C)C)c1OC. The predicted octanol–water partition coefficient (Wildman–Crippen LogP) is 4.41. The number of hydrogen-bond donors (Lipinski definition) is 2. The number of nitrogens with one attached hydrogen (secondary N) is 2. The molecule has 0 heterocycles. The third-order valence-corrected chi connectivity index (χ3v) is 5.60. The van der Waals surface area contributed by atoms with Crippen LogP contribution in [0.25, 0.3) is 0 Å². The molecule has 2 rings (SSSR count). The van der Waals surface area contributed by atoms with Gasteiger partial charge in [-0.1, -0.05) is 50.2 Å². The molecule has 0 saturated heterocycles. The van der Waals surface area contributed by atoms with E-state index in [4.69, 9.17) is 9.47 Å². The van der Waals surface area contributed by atoms with Gasteiger partial charge in [0.2, 0.25) is 11.8 Å². The molecule has 0 aromatic heterocycles. The van der Waals surface area contributed by atoms with E-state index in [0.717, 1.165) is 35.5 Å². The standard InChI is InChI=1S/C27H38N2O4/c1-20(2)26-22(14-15-23(32-3)27(26)33-4)17-19-29-25(31)13-9-8-12-24(30)28-18-16-21-10-6-5-7-11-21/h5-7,10-11,14-15,20H,8-9,12-13,16-19H2,1-4H3,(H,28,30)(H,29,31). The average molecular weight is 455 g/mol. The van der Waals surface area contributed by atoms with E-state index in [0.29, 0.717) is 38.8 Å². The fourth-order valence-corrected chi connectivity index (χ4v) is 3.92. The van der Waals surface area contributed by atoms with Crippen molar-refractivity contribution < 1.29 is 19.1 Å². The Morgan fingerprint density at radius 2 is 1.42 bits per heavy atom. The van der Waals surface area contributed by atoms with Crippen LogP contribution in [0, 0.1) is 0 Å². The summed E-state index contributed by atoms with van der Waals surface area (Å²) in [6.45, 7) is 5.44. The van der Waals surface area contributed by atoms with Gasteiger partial charge in [-0.05, 0) is 48.8 Å². The van der Waals surface area contributed by atoms with Crippen molar-refractivity contribution in [2.45, 2.75) is 58.3 Å².